The molecule has 1 aliphatic rings. The molecule has 13 heavy (non-hydrogen) atoms. The van der Waals surface area contributed by atoms with Gasteiger partial charge in [-0.1, -0.05) is 0 Å². The molecule has 0 radical (unpaired) electrons. The Morgan fingerprint density at radius 2 is 2.23 bits per heavy atom. The summed E-state index contributed by atoms with van der Waals surface area (Å²) in [6.07, 6.45) is 0.831. The maximum atomic E-state index is 9.58. The smallest absolute Gasteiger partial charge is 0.0619 e. The standard InChI is InChI=1S/C10H21NO2/c1-9-8-13-7-6-11(9)5-4-10(2,3)12/h9,12H,4-8H2,1-3H3. The molecule has 1 fully saturated rings. The topological polar surface area (TPSA) is 32.7 Å². The van der Waals surface area contributed by atoms with Crippen LogP contribution in [0.3, 0.4) is 0 Å². The maximum absolute atomic E-state index is 9.58. The van der Waals surface area contributed by atoms with E-state index in [1.165, 1.54) is 0 Å². The first-order valence-electron chi connectivity index (χ1n) is 5.03. The van der Waals surface area contributed by atoms with E-state index < -0.39 is 5.60 Å². The van der Waals surface area contributed by atoms with Gasteiger partial charge in [0, 0.05) is 19.1 Å². The van der Waals surface area contributed by atoms with Crippen molar-refractivity contribution in [2.45, 2.75) is 38.8 Å². The Morgan fingerprint density at radius 3 is 2.77 bits per heavy atom. The normalized spacial score (nSPS) is 26.3. The van der Waals surface area contributed by atoms with Gasteiger partial charge in [-0.2, -0.15) is 0 Å². The van der Waals surface area contributed by atoms with E-state index in [1.54, 1.807) is 0 Å². The van der Waals surface area contributed by atoms with Crippen LogP contribution in [0.4, 0.5) is 0 Å². The van der Waals surface area contributed by atoms with E-state index in [9.17, 15) is 5.11 Å². The van der Waals surface area contributed by atoms with Crippen molar-refractivity contribution in [3.05, 3.63) is 0 Å². The lowest BCUT2D eigenvalue weighted by molar-refractivity contribution is -0.0155. The molecular formula is C10H21NO2. The summed E-state index contributed by atoms with van der Waals surface area (Å²) in [6, 6.07) is 0.496. The van der Waals surface area contributed by atoms with E-state index in [0.717, 1.165) is 32.7 Å². The van der Waals surface area contributed by atoms with E-state index in [4.69, 9.17) is 4.74 Å². The van der Waals surface area contributed by atoms with Crippen LogP contribution in [0.1, 0.15) is 27.2 Å². The van der Waals surface area contributed by atoms with Gasteiger partial charge in [0.2, 0.25) is 0 Å². The second-order valence-corrected chi connectivity index (χ2v) is 4.52. The Kier molecular flexibility index (Phi) is 3.71. The van der Waals surface area contributed by atoms with Crippen LogP contribution in [0.25, 0.3) is 0 Å². The van der Waals surface area contributed by atoms with Crippen molar-refractivity contribution in [3.63, 3.8) is 0 Å². The minimum absolute atomic E-state index is 0.496. The Hall–Kier alpha value is -0.120. The lowest BCUT2D eigenvalue weighted by Crippen LogP contribution is -2.45. The summed E-state index contributed by atoms with van der Waals surface area (Å²) in [4.78, 5) is 2.38. The van der Waals surface area contributed by atoms with Gasteiger partial charge in [0.1, 0.15) is 0 Å². The third-order valence-electron chi connectivity index (χ3n) is 2.52. The highest BCUT2D eigenvalue weighted by atomic mass is 16.5. The van der Waals surface area contributed by atoms with Gasteiger partial charge in [-0.05, 0) is 27.2 Å². The molecule has 0 aromatic heterocycles. The largest absolute Gasteiger partial charge is 0.390 e. The van der Waals surface area contributed by atoms with Crippen molar-refractivity contribution < 1.29 is 9.84 Å². The summed E-state index contributed by atoms with van der Waals surface area (Å²) in [5, 5.41) is 9.58. The fourth-order valence-corrected chi connectivity index (χ4v) is 1.51. The van der Waals surface area contributed by atoms with Crippen LogP contribution in [0, 0.1) is 0 Å². The molecule has 3 heteroatoms. The van der Waals surface area contributed by atoms with Crippen LogP contribution in [0.2, 0.25) is 0 Å². The molecule has 1 N–H and O–H groups in total. The summed E-state index contributed by atoms with van der Waals surface area (Å²) in [7, 11) is 0. The van der Waals surface area contributed by atoms with Crippen molar-refractivity contribution in [2.75, 3.05) is 26.3 Å². The molecule has 1 heterocycles. The number of rotatable bonds is 3. The summed E-state index contributed by atoms with van der Waals surface area (Å²) < 4.78 is 5.34. The van der Waals surface area contributed by atoms with E-state index >= 15 is 0 Å². The highest BCUT2D eigenvalue weighted by molar-refractivity contribution is 4.74. The van der Waals surface area contributed by atoms with Crippen molar-refractivity contribution in [1.29, 1.82) is 0 Å². The van der Waals surface area contributed by atoms with Gasteiger partial charge in [0.05, 0.1) is 18.8 Å². The minimum atomic E-state index is -0.544. The first-order chi connectivity index (χ1) is 5.99. The van der Waals surface area contributed by atoms with Crippen molar-refractivity contribution in [2.24, 2.45) is 0 Å². The Bertz CT molecular complexity index is 153. The maximum Gasteiger partial charge on any atom is 0.0619 e. The van der Waals surface area contributed by atoms with Gasteiger partial charge in [0.25, 0.3) is 0 Å². The summed E-state index contributed by atoms with van der Waals surface area (Å²) in [5.41, 5.74) is -0.544. The number of hydrogen-bond acceptors (Lipinski definition) is 3. The first kappa shape index (κ1) is 11.0. The molecule has 0 aliphatic carbocycles. The van der Waals surface area contributed by atoms with Gasteiger partial charge in [0.15, 0.2) is 0 Å². The van der Waals surface area contributed by atoms with Crippen LogP contribution in [0.15, 0.2) is 0 Å². The van der Waals surface area contributed by atoms with Crippen molar-refractivity contribution >= 4 is 0 Å². The van der Waals surface area contributed by atoms with Gasteiger partial charge >= 0.3 is 0 Å². The molecule has 0 bridgehead atoms. The molecule has 0 aromatic rings. The van der Waals surface area contributed by atoms with Gasteiger partial charge < -0.3 is 9.84 Å². The molecule has 1 saturated heterocycles. The second kappa shape index (κ2) is 4.40. The van der Waals surface area contributed by atoms with E-state index in [-0.39, 0.29) is 0 Å². The molecule has 78 valence electrons. The van der Waals surface area contributed by atoms with Crippen LogP contribution >= 0.6 is 0 Å². The average Bonchev–Trinajstić information content (AvgIpc) is 2.01. The molecule has 1 unspecified atom stereocenters. The average molecular weight is 187 g/mol. The van der Waals surface area contributed by atoms with Crippen LogP contribution < -0.4 is 0 Å². The Labute approximate surface area is 80.7 Å². The highest BCUT2D eigenvalue weighted by Crippen LogP contribution is 2.12. The molecule has 1 aliphatic heterocycles. The molecule has 3 nitrogen and oxygen atoms in total. The predicted octanol–water partition coefficient (Wildman–Crippen LogP) is 0.868. The first-order valence-corrected chi connectivity index (χ1v) is 5.03. The van der Waals surface area contributed by atoms with Gasteiger partial charge in [-0.25, -0.2) is 0 Å². The lowest BCUT2D eigenvalue weighted by Gasteiger charge is -2.34. The zero-order chi connectivity index (χ0) is 9.90. The highest BCUT2D eigenvalue weighted by Gasteiger charge is 2.21. The molecule has 1 rings (SSSR count). The van der Waals surface area contributed by atoms with Crippen LogP contribution in [0.5, 0.6) is 0 Å². The molecule has 0 saturated carbocycles. The fourth-order valence-electron chi connectivity index (χ4n) is 1.51. The van der Waals surface area contributed by atoms with Crippen molar-refractivity contribution in [1.82, 2.24) is 4.90 Å². The van der Waals surface area contributed by atoms with E-state index in [0.29, 0.717) is 6.04 Å². The Balaban J connectivity index is 2.27. The predicted molar refractivity (Wildman–Crippen MR) is 52.8 cm³/mol. The number of morpholine rings is 1. The zero-order valence-electron chi connectivity index (χ0n) is 8.92. The second-order valence-electron chi connectivity index (χ2n) is 4.52. The van der Waals surface area contributed by atoms with Crippen molar-refractivity contribution in [3.8, 4) is 0 Å². The third-order valence-corrected chi connectivity index (χ3v) is 2.52. The molecule has 0 amide bonds. The van der Waals surface area contributed by atoms with E-state index in [1.807, 2.05) is 13.8 Å². The number of nitrogens with zero attached hydrogens (tertiary/aromatic N) is 1. The number of hydrogen-bond donors (Lipinski definition) is 1. The summed E-state index contributed by atoms with van der Waals surface area (Å²) >= 11 is 0. The van der Waals surface area contributed by atoms with E-state index in [2.05, 4.69) is 11.8 Å². The monoisotopic (exact) mass is 187 g/mol. The Morgan fingerprint density at radius 1 is 1.54 bits per heavy atom. The molecule has 0 spiro atoms. The number of aliphatic hydroxyl groups is 1. The third kappa shape index (κ3) is 4.07. The molecular weight excluding hydrogens is 166 g/mol. The van der Waals surface area contributed by atoms with Crippen LogP contribution in [-0.2, 0) is 4.74 Å². The summed E-state index contributed by atoms with van der Waals surface area (Å²) in [5.74, 6) is 0. The van der Waals surface area contributed by atoms with Gasteiger partial charge in [-0.3, -0.25) is 4.90 Å². The zero-order valence-corrected chi connectivity index (χ0v) is 8.92. The van der Waals surface area contributed by atoms with Gasteiger partial charge in [-0.15, -0.1) is 0 Å². The molecule has 1 atom stereocenters. The molecule has 0 aromatic carbocycles. The quantitative estimate of drug-likeness (QED) is 0.711. The number of ether oxygens (including phenoxy) is 1. The van der Waals surface area contributed by atoms with Crippen LogP contribution in [-0.4, -0.2) is 48.0 Å². The summed E-state index contributed by atoms with van der Waals surface area (Å²) in [6.45, 7) is 9.51. The SMILES string of the molecule is CC1COCCN1CCC(C)(C)O. The fraction of sp³-hybridized carbons (Fsp3) is 1.00. The minimum Gasteiger partial charge on any atom is -0.390 e. The lowest BCUT2D eigenvalue weighted by atomic mass is 10.0.